The fraction of sp³-hybridized carbons (Fsp3) is 0.455. The molecule has 0 aromatic carbocycles. The number of unbranched alkanes of at least 4 members (excludes halogenated alkanes) is 1. The molecular formula is C11H17N3O. The summed E-state index contributed by atoms with van der Waals surface area (Å²) in [7, 11) is 1.88. The van der Waals surface area contributed by atoms with Crippen LogP contribution < -0.4 is 0 Å². The Bertz CT molecular complexity index is 341. The third-order valence-electron chi connectivity index (χ3n) is 1.97. The third-order valence-corrected chi connectivity index (χ3v) is 1.97. The summed E-state index contributed by atoms with van der Waals surface area (Å²) in [4.78, 5) is 5.16. The van der Waals surface area contributed by atoms with Crippen molar-refractivity contribution in [1.29, 1.82) is 0 Å². The monoisotopic (exact) mass is 207 g/mol. The molecule has 0 fully saturated rings. The van der Waals surface area contributed by atoms with Gasteiger partial charge in [0.05, 0.1) is 11.9 Å². The minimum atomic E-state index is 0.629. The highest BCUT2D eigenvalue weighted by molar-refractivity contribution is 5.97. The van der Waals surface area contributed by atoms with Crippen molar-refractivity contribution in [3.05, 3.63) is 30.6 Å². The maximum absolute atomic E-state index is 5.16. The molecule has 1 aromatic heterocycles. The molecule has 0 aliphatic heterocycles. The molecular weight excluding hydrogens is 190 g/mol. The van der Waals surface area contributed by atoms with E-state index in [-0.39, 0.29) is 0 Å². The number of allylic oxidation sites excluding steroid dienone is 1. The van der Waals surface area contributed by atoms with E-state index in [1.54, 1.807) is 10.9 Å². The van der Waals surface area contributed by atoms with E-state index in [4.69, 9.17) is 4.84 Å². The molecule has 0 aliphatic rings. The zero-order chi connectivity index (χ0) is 11.1. The van der Waals surface area contributed by atoms with Crippen LogP contribution in [-0.2, 0) is 11.9 Å². The average molecular weight is 207 g/mol. The zero-order valence-electron chi connectivity index (χ0n) is 9.31. The Kier molecular flexibility index (Phi) is 4.60. The van der Waals surface area contributed by atoms with E-state index in [2.05, 4.69) is 16.8 Å². The van der Waals surface area contributed by atoms with E-state index in [9.17, 15) is 0 Å². The zero-order valence-corrected chi connectivity index (χ0v) is 9.31. The van der Waals surface area contributed by atoms with Crippen LogP contribution in [-0.4, -0.2) is 22.1 Å². The third kappa shape index (κ3) is 3.97. The van der Waals surface area contributed by atoms with Crippen LogP contribution in [0.1, 0.15) is 25.3 Å². The lowest BCUT2D eigenvalue weighted by Gasteiger charge is -1.98. The van der Waals surface area contributed by atoms with Gasteiger partial charge in [0, 0.05) is 18.8 Å². The van der Waals surface area contributed by atoms with Crippen LogP contribution in [0.15, 0.2) is 30.2 Å². The second kappa shape index (κ2) is 6.01. The Morgan fingerprint density at radius 3 is 3.13 bits per heavy atom. The van der Waals surface area contributed by atoms with Crippen LogP contribution in [0.4, 0.5) is 0 Å². The quantitative estimate of drug-likeness (QED) is 0.310. The van der Waals surface area contributed by atoms with Crippen molar-refractivity contribution in [2.45, 2.75) is 19.8 Å². The van der Waals surface area contributed by atoms with Gasteiger partial charge in [-0.25, -0.2) is 0 Å². The van der Waals surface area contributed by atoms with Crippen molar-refractivity contribution in [3.63, 3.8) is 0 Å². The molecule has 0 saturated heterocycles. The minimum absolute atomic E-state index is 0.629. The Labute approximate surface area is 90.2 Å². The largest absolute Gasteiger partial charge is 0.396 e. The number of aryl methyl sites for hydroxylation is 1. The molecule has 82 valence electrons. The summed E-state index contributed by atoms with van der Waals surface area (Å²) in [6.45, 7) is 6.18. The van der Waals surface area contributed by atoms with Gasteiger partial charge in [-0.3, -0.25) is 4.68 Å². The van der Waals surface area contributed by atoms with Crippen LogP contribution in [0.2, 0.25) is 0 Å². The van der Waals surface area contributed by atoms with Gasteiger partial charge in [0.1, 0.15) is 6.61 Å². The maximum Gasteiger partial charge on any atom is 0.117 e. The van der Waals surface area contributed by atoms with E-state index in [0.29, 0.717) is 6.61 Å². The van der Waals surface area contributed by atoms with Crippen molar-refractivity contribution in [2.24, 2.45) is 12.2 Å². The Hall–Kier alpha value is -1.58. The summed E-state index contributed by atoms with van der Waals surface area (Å²) in [6, 6.07) is 0. The summed E-state index contributed by atoms with van der Waals surface area (Å²) < 4.78 is 1.74. The smallest absolute Gasteiger partial charge is 0.117 e. The topological polar surface area (TPSA) is 39.4 Å². The molecule has 0 spiro atoms. The van der Waals surface area contributed by atoms with E-state index < -0.39 is 0 Å². The van der Waals surface area contributed by atoms with Gasteiger partial charge >= 0.3 is 0 Å². The number of rotatable bonds is 6. The standard InChI is InChI=1S/C11H17N3O/c1-4-5-6-7-15-13-10(2)11-8-12-14(3)9-11/h4,8-9H,1,5-7H2,2-3H3/b13-10-. The molecule has 4 nitrogen and oxygen atoms in total. The lowest BCUT2D eigenvalue weighted by atomic mass is 10.2. The van der Waals surface area contributed by atoms with Crippen molar-refractivity contribution in [1.82, 2.24) is 9.78 Å². The van der Waals surface area contributed by atoms with Crippen molar-refractivity contribution in [3.8, 4) is 0 Å². The van der Waals surface area contributed by atoms with Gasteiger partial charge in [0.15, 0.2) is 0 Å². The maximum atomic E-state index is 5.16. The molecule has 0 radical (unpaired) electrons. The predicted molar refractivity (Wildman–Crippen MR) is 60.8 cm³/mol. The van der Waals surface area contributed by atoms with Gasteiger partial charge in [0.2, 0.25) is 0 Å². The normalized spacial score (nSPS) is 11.5. The molecule has 0 unspecified atom stereocenters. The van der Waals surface area contributed by atoms with E-state index in [0.717, 1.165) is 24.1 Å². The molecule has 15 heavy (non-hydrogen) atoms. The SMILES string of the molecule is C=CCCCO/N=C(/C)c1cnn(C)c1. The van der Waals surface area contributed by atoms with Crippen molar-refractivity contribution >= 4 is 5.71 Å². The first-order valence-corrected chi connectivity index (χ1v) is 5.00. The van der Waals surface area contributed by atoms with Gasteiger partial charge in [-0.15, -0.1) is 6.58 Å². The molecule has 1 rings (SSSR count). The second-order valence-corrected chi connectivity index (χ2v) is 3.34. The number of oxime groups is 1. The molecule has 0 aliphatic carbocycles. The van der Waals surface area contributed by atoms with Crippen molar-refractivity contribution < 1.29 is 4.84 Å². The van der Waals surface area contributed by atoms with E-state index in [1.165, 1.54) is 0 Å². The highest BCUT2D eigenvalue weighted by atomic mass is 16.6. The van der Waals surface area contributed by atoms with Gasteiger partial charge in [-0.05, 0) is 19.8 Å². The summed E-state index contributed by atoms with van der Waals surface area (Å²) >= 11 is 0. The first-order valence-electron chi connectivity index (χ1n) is 5.00. The van der Waals surface area contributed by atoms with Crippen LogP contribution >= 0.6 is 0 Å². The Morgan fingerprint density at radius 1 is 1.73 bits per heavy atom. The molecule has 0 bridgehead atoms. The Morgan fingerprint density at radius 2 is 2.53 bits per heavy atom. The van der Waals surface area contributed by atoms with E-state index >= 15 is 0 Å². The molecule has 0 atom stereocenters. The average Bonchev–Trinajstić information content (AvgIpc) is 2.64. The molecule has 1 aromatic rings. The number of aromatic nitrogens is 2. The highest BCUT2D eigenvalue weighted by Crippen LogP contribution is 2.00. The lowest BCUT2D eigenvalue weighted by Crippen LogP contribution is -1.96. The molecule has 0 N–H and O–H groups in total. The second-order valence-electron chi connectivity index (χ2n) is 3.34. The fourth-order valence-corrected chi connectivity index (χ4v) is 1.10. The van der Waals surface area contributed by atoms with Crippen LogP contribution in [0.5, 0.6) is 0 Å². The summed E-state index contributed by atoms with van der Waals surface area (Å²) in [5, 5.41) is 8.07. The van der Waals surface area contributed by atoms with Crippen LogP contribution in [0.25, 0.3) is 0 Å². The minimum Gasteiger partial charge on any atom is -0.396 e. The summed E-state index contributed by atoms with van der Waals surface area (Å²) in [5.41, 5.74) is 1.84. The predicted octanol–water partition coefficient (Wildman–Crippen LogP) is 2.13. The van der Waals surface area contributed by atoms with Crippen LogP contribution in [0, 0.1) is 0 Å². The van der Waals surface area contributed by atoms with Crippen molar-refractivity contribution in [2.75, 3.05) is 6.61 Å². The first kappa shape index (κ1) is 11.5. The summed E-state index contributed by atoms with van der Waals surface area (Å²) in [5.74, 6) is 0. The molecule has 1 heterocycles. The van der Waals surface area contributed by atoms with Crippen LogP contribution in [0.3, 0.4) is 0 Å². The van der Waals surface area contributed by atoms with E-state index in [1.807, 2.05) is 26.2 Å². The number of hydrogen-bond acceptors (Lipinski definition) is 3. The summed E-state index contributed by atoms with van der Waals surface area (Å²) in [6.07, 6.45) is 7.47. The number of nitrogens with zero attached hydrogens (tertiary/aromatic N) is 3. The lowest BCUT2D eigenvalue weighted by molar-refractivity contribution is 0.142. The molecule has 0 saturated carbocycles. The first-order chi connectivity index (χ1) is 7.24. The Balaban J connectivity index is 2.36. The van der Waals surface area contributed by atoms with Gasteiger partial charge in [-0.1, -0.05) is 11.2 Å². The molecule has 0 amide bonds. The van der Waals surface area contributed by atoms with Gasteiger partial charge in [-0.2, -0.15) is 5.10 Å². The molecule has 4 heteroatoms. The van der Waals surface area contributed by atoms with Gasteiger partial charge < -0.3 is 4.84 Å². The fourth-order valence-electron chi connectivity index (χ4n) is 1.10. The van der Waals surface area contributed by atoms with Gasteiger partial charge in [0.25, 0.3) is 0 Å². The number of hydrogen-bond donors (Lipinski definition) is 0. The highest BCUT2D eigenvalue weighted by Gasteiger charge is 1.99.